The van der Waals surface area contributed by atoms with Crippen LogP contribution in [0.5, 0.6) is 0 Å². The molecule has 1 heterocycles. The van der Waals surface area contributed by atoms with Crippen LogP contribution in [0.2, 0.25) is 0 Å². The van der Waals surface area contributed by atoms with Crippen LogP contribution in [0, 0.1) is 5.92 Å². The van der Waals surface area contributed by atoms with Crippen LogP contribution >= 0.6 is 0 Å². The molecule has 90 valence electrons. The van der Waals surface area contributed by atoms with Gasteiger partial charge in [0.05, 0.1) is 5.57 Å². The van der Waals surface area contributed by atoms with E-state index in [2.05, 4.69) is 6.92 Å². The summed E-state index contributed by atoms with van der Waals surface area (Å²) < 4.78 is 5.37. The first-order valence-corrected chi connectivity index (χ1v) is 6.35. The normalized spacial score (nSPS) is 29.9. The van der Waals surface area contributed by atoms with Crippen LogP contribution in [0.4, 0.5) is 0 Å². The minimum Gasteiger partial charge on any atom is -0.512 e. The molecular formula is C13H20O3. The Morgan fingerprint density at radius 2 is 2.31 bits per heavy atom. The largest absolute Gasteiger partial charge is 0.512 e. The smallest absolute Gasteiger partial charge is 0.337 e. The number of fused-ring (bicyclic) bond motifs is 1. The van der Waals surface area contributed by atoms with Crippen molar-refractivity contribution < 1.29 is 14.6 Å². The van der Waals surface area contributed by atoms with Gasteiger partial charge in [-0.05, 0) is 31.6 Å². The lowest BCUT2D eigenvalue weighted by molar-refractivity contribution is -0.150. The predicted octanol–water partition coefficient (Wildman–Crippen LogP) is 3.10. The standard InChI is InChI=1S/C13H20O3/c1-2-3-6-10-8-9-5-4-7-11(14)12(9)13(15)16-10/h9-10,14H,2-8H2,1H3/t9-,10+/m1/s1. The van der Waals surface area contributed by atoms with Gasteiger partial charge in [-0.2, -0.15) is 0 Å². The molecule has 1 N–H and O–H groups in total. The number of aliphatic hydroxyl groups is 1. The highest BCUT2D eigenvalue weighted by Crippen LogP contribution is 2.37. The van der Waals surface area contributed by atoms with Gasteiger partial charge in [-0.1, -0.05) is 19.8 Å². The third-order valence-electron chi connectivity index (χ3n) is 3.61. The van der Waals surface area contributed by atoms with Crippen molar-refractivity contribution in [2.75, 3.05) is 0 Å². The molecule has 0 aromatic rings. The molecule has 2 aliphatic rings. The van der Waals surface area contributed by atoms with Crippen molar-refractivity contribution in [3.63, 3.8) is 0 Å². The highest BCUT2D eigenvalue weighted by Gasteiger charge is 2.37. The van der Waals surface area contributed by atoms with E-state index in [0.717, 1.165) is 38.5 Å². The van der Waals surface area contributed by atoms with Gasteiger partial charge in [0.1, 0.15) is 11.9 Å². The zero-order valence-corrected chi connectivity index (χ0v) is 9.87. The van der Waals surface area contributed by atoms with Gasteiger partial charge in [-0.25, -0.2) is 4.79 Å². The van der Waals surface area contributed by atoms with Crippen LogP contribution in [0.25, 0.3) is 0 Å². The molecule has 0 aromatic heterocycles. The Balaban J connectivity index is 2.05. The Kier molecular flexibility index (Phi) is 3.52. The fourth-order valence-electron chi connectivity index (χ4n) is 2.74. The van der Waals surface area contributed by atoms with Crippen molar-refractivity contribution in [2.24, 2.45) is 5.92 Å². The fourth-order valence-corrected chi connectivity index (χ4v) is 2.74. The first kappa shape index (κ1) is 11.5. The number of aliphatic hydroxyl groups excluding tert-OH is 1. The number of esters is 1. The zero-order chi connectivity index (χ0) is 11.5. The average Bonchev–Trinajstić information content (AvgIpc) is 2.26. The van der Waals surface area contributed by atoms with E-state index in [1.54, 1.807) is 0 Å². The summed E-state index contributed by atoms with van der Waals surface area (Å²) in [5.74, 6) is 0.251. The van der Waals surface area contributed by atoms with Crippen molar-refractivity contribution in [1.82, 2.24) is 0 Å². The lowest BCUT2D eigenvalue weighted by Gasteiger charge is -2.33. The number of ether oxygens (including phenoxy) is 1. The summed E-state index contributed by atoms with van der Waals surface area (Å²) in [5, 5.41) is 9.72. The van der Waals surface area contributed by atoms with Gasteiger partial charge in [0, 0.05) is 6.42 Å². The molecule has 0 radical (unpaired) electrons. The molecule has 2 rings (SSSR count). The van der Waals surface area contributed by atoms with Gasteiger partial charge in [-0.15, -0.1) is 0 Å². The van der Waals surface area contributed by atoms with Crippen molar-refractivity contribution >= 4 is 5.97 Å². The van der Waals surface area contributed by atoms with Crippen molar-refractivity contribution in [3.8, 4) is 0 Å². The van der Waals surface area contributed by atoms with Gasteiger partial charge >= 0.3 is 5.97 Å². The Labute approximate surface area is 96.5 Å². The average molecular weight is 224 g/mol. The number of unbranched alkanes of at least 4 members (excludes halogenated alkanes) is 1. The van der Waals surface area contributed by atoms with Gasteiger partial charge in [-0.3, -0.25) is 0 Å². The molecule has 1 fully saturated rings. The second-order valence-electron chi connectivity index (χ2n) is 4.85. The maximum atomic E-state index is 11.8. The van der Waals surface area contributed by atoms with E-state index in [1.165, 1.54) is 0 Å². The molecule has 0 spiro atoms. The Morgan fingerprint density at radius 1 is 1.50 bits per heavy atom. The molecule has 0 bridgehead atoms. The number of carbonyl (C=O) groups excluding carboxylic acids is 1. The topological polar surface area (TPSA) is 46.5 Å². The molecule has 1 saturated heterocycles. The second kappa shape index (κ2) is 4.89. The number of cyclic esters (lactones) is 1. The molecule has 16 heavy (non-hydrogen) atoms. The number of hydrogen-bond acceptors (Lipinski definition) is 3. The molecule has 0 aromatic carbocycles. The van der Waals surface area contributed by atoms with Crippen LogP contribution < -0.4 is 0 Å². The van der Waals surface area contributed by atoms with Crippen molar-refractivity contribution in [3.05, 3.63) is 11.3 Å². The highest BCUT2D eigenvalue weighted by atomic mass is 16.5. The maximum absolute atomic E-state index is 11.8. The first-order chi connectivity index (χ1) is 7.72. The van der Waals surface area contributed by atoms with Crippen LogP contribution in [-0.4, -0.2) is 17.2 Å². The van der Waals surface area contributed by atoms with Crippen LogP contribution in [-0.2, 0) is 9.53 Å². The minimum atomic E-state index is -0.269. The number of allylic oxidation sites excluding steroid dienone is 1. The van der Waals surface area contributed by atoms with E-state index in [0.29, 0.717) is 12.0 Å². The highest BCUT2D eigenvalue weighted by molar-refractivity contribution is 5.90. The summed E-state index contributed by atoms with van der Waals surface area (Å²) in [6, 6.07) is 0. The van der Waals surface area contributed by atoms with E-state index in [1.807, 2.05) is 0 Å². The molecule has 0 amide bonds. The number of hydrogen-bond donors (Lipinski definition) is 1. The van der Waals surface area contributed by atoms with E-state index in [9.17, 15) is 9.90 Å². The monoisotopic (exact) mass is 224 g/mol. The quantitative estimate of drug-likeness (QED) is 0.749. The SMILES string of the molecule is CCCC[C@H]1C[C@H]2CCCC(O)=C2C(=O)O1. The first-order valence-electron chi connectivity index (χ1n) is 6.35. The maximum Gasteiger partial charge on any atom is 0.337 e. The molecule has 2 atom stereocenters. The van der Waals surface area contributed by atoms with E-state index >= 15 is 0 Å². The minimum absolute atomic E-state index is 0.0760. The third kappa shape index (κ3) is 2.23. The molecule has 1 aliphatic carbocycles. The molecule has 1 aliphatic heterocycles. The summed E-state index contributed by atoms with van der Waals surface area (Å²) >= 11 is 0. The van der Waals surface area contributed by atoms with Crippen LogP contribution in [0.15, 0.2) is 11.3 Å². The second-order valence-corrected chi connectivity index (χ2v) is 4.85. The fraction of sp³-hybridized carbons (Fsp3) is 0.769. The Bertz CT molecular complexity index is 306. The Morgan fingerprint density at radius 3 is 3.06 bits per heavy atom. The van der Waals surface area contributed by atoms with Crippen LogP contribution in [0.3, 0.4) is 0 Å². The summed E-state index contributed by atoms with van der Waals surface area (Å²) in [5.41, 5.74) is 0.569. The molecular weight excluding hydrogens is 204 g/mol. The number of carbonyl (C=O) groups is 1. The van der Waals surface area contributed by atoms with Gasteiger partial charge in [0.15, 0.2) is 0 Å². The third-order valence-corrected chi connectivity index (χ3v) is 3.61. The molecule has 3 heteroatoms. The summed E-state index contributed by atoms with van der Waals surface area (Å²) in [6.45, 7) is 2.14. The van der Waals surface area contributed by atoms with Gasteiger partial charge in [0.2, 0.25) is 0 Å². The zero-order valence-electron chi connectivity index (χ0n) is 9.87. The summed E-state index contributed by atoms with van der Waals surface area (Å²) in [4.78, 5) is 11.8. The number of rotatable bonds is 3. The van der Waals surface area contributed by atoms with E-state index in [-0.39, 0.29) is 23.8 Å². The van der Waals surface area contributed by atoms with E-state index in [4.69, 9.17) is 4.74 Å². The molecule has 3 nitrogen and oxygen atoms in total. The molecule has 0 saturated carbocycles. The lowest BCUT2D eigenvalue weighted by Crippen LogP contribution is -2.34. The predicted molar refractivity (Wildman–Crippen MR) is 61.0 cm³/mol. The molecule has 0 unspecified atom stereocenters. The van der Waals surface area contributed by atoms with Crippen molar-refractivity contribution in [2.45, 2.75) is 58.0 Å². The van der Waals surface area contributed by atoms with E-state index < -0.39 is 0 Å². The van der Waals surface area contributed by atoms with Crippen molar-refractivity contribution in [1.29, 1.82) is 0 Å². The van der Waals surface area contributed by atoms with Gasteiger partial charge < -0.3 is 9.84 Å². The Hall–Kier alpha value is -0.990. The lowest BCUT2D eigenvalue weighted by atomic mass is 9.80. The summed E-state index contributed by atoms with van der Waals surface area (Å²) in [6.07, 6.45) is 6.85. The van der Waals surface area contributed by atoms with Gasteiger partial charge in [0.25, 0.3) is 0 Å². The van der Waals surface area contributed by atoms with Crippen LogP contribution in [0.1, 0.15) is 51.9 Å². The summed E-state index contributed by atoms with van der Waals surface area (Å²) in [7, 11) is 0.